The highest BCUT2D eigenvalue weighted by Crippen LogP contribution is 2.20. The number of hydrogen-bond donors (Lipinski definition) is 1. The Kier molecular flexibility index (Phi) is 4.28. The minimum absolute atomic E-state index is 0.0595. The van der Waals surface area contributed by atoms with Crippen LogP contribution in [0.4, 0.5) is 0 Å². The Morgan fingerprint density at radius 3 is 2.46 bits per heavy atom. The molecule has 0 spiro atoms. The van der Waals surface area contributed by atoms with E-state index in [-0.39, 0.29) is 34.7 Å². The highest BCUT2D eigenvalue weighted by atomic mass is 32.2. The molecule has 26 heavy (non-hydrogen) atoms. The van der Waals surface area contributed by atoms with E-state index in [1.165, 1.54) is 0 Å². The molecule has 1 aromatic carbocycles. The lowest BCUT2D eigenvalue weighted by Crippen LogP contribution is -2.52. The summed E-state index contributed by atoms with van der Waals surface area (Å²) in [6.07, 6.45) is 0.669. The van der Waals surface area contributed by atoms with Crippen LogP contribution < -0.4 is 5.56 Å². The lowest BCUT2D eigenvalue weighted by atomic mass is 10.1. The van der Waals surface area contributed by atoms with E-state index in [0.29, 0.717) is 43.4 Å². The van der Waals surface area contributed by atoms with E-state index < -0.39 is 9.84 Å². The first-order valence-corrected chi connectivity index (χ1v) is 10.5. The second kappa shape index (κ2) is 6.48. The predicted molar refractivity (Wildman–Crippen MR) is 96.9 cm³/mol. The van der Waals surface area contributed by atoms with Crippen LogP contribution in [0.5, 0.6) is 0 Å². The van der Waals surface area contributed by atoms with Gasteiger partial charge in [0, 0.05) is 37.6 Å². The summed E-state index contributed by atoms with van der Waals surface area (Å²) in [4.78, 5) is 28.6. The quantitative estimate of drug-likeness (QED) is 0.783. The predicted octanol–water partition coefficient (Wildman–Crippen LogP) is -0.132. The number of hydrogen-bond acceptors (Lipinski definition) is 6. The molecule has 1 unspecified atom stereocenters. The normalized spacial score (nSPS) is 23.4. The molecule has 2 aromatic rings. The van der Waals surface area contributed by atoms with E-state index in [1.807, 2.05) is 0 Å². The van der Waals surface area contributed by atoms with Crippen molar-refractivity contribution in [3.8, 4) is 0 Å². The summed E-state index contributed by atoms with van der Waals surface area (Å²) in [6, 6.07) is 6.98. The van der Waals surface area contributed by atoms with E-state index in [4.69, 9.17) is 0 Å². The number of nitrogens with one attached hydrogen (secondary N) is 1. The number of carbonyl (C=O) groups is 1. The van der Waals surface area contributed by atoms with E-state index in [1.54, 1.807) is 29.2 Å². The summed E-state index contributed by atoms with van der Waals surface area (Å²) in [7, 11) is -2.91. The fourth-order valence-electron chi connectivity index (χ4n) is 3.78. The molecule has 2 aliphatic heterocycles. The zero-order chi connectivity index (χ0) is 18.3. The monoisotopic (exact) mass is 376 g/mol. The van der Waals surface area contributed by atoms with Gasteiger partial charge in [-0.2, -0.15) is 5.10 Å². The standard InChI is InChI=1S/C17H20N4O4S/c22-16-14-4-2-1-3-13(14)15(18-19-16)17(23)21-8-6-20(7-9-21)12-5-10-26(24,25)11-12/h1-4,12H,5-11H2,(H,19,22). The summed E-state index contributed by atoms with van der Waals surface area (Å²) in [5.74, 6) is 0.258. The van der Waals surface area contributed by atoms with Crippen LogP contribution in [-0.4, -0.2) is 78.0 Å². The second-order valence-corrected chi connectivity index (χ2v) is 9.06. The smallest absolute Gasteiger partial charge is 0.275 e. The van der Waals surface area contributed by atoms with E-state index in [2.05, 4.69) is 15.1 Å². The highest BCUT2D eigenvalue weighted by molar-refractivity contribution is 7.91. The number of H-pyrrole nitrogens is 1. The number of benzene rings is 1. The first-order valence-electron chi connectivity index (χ1n) is 8.66. The van der Waals surface area contributed by atoms with Gasteiger partial charge in [0.25, 0.3) is 11.5 Å². The molecule has 1 atom stereocenters. The summed E-state index contributed by atoms with van der Waals surface area (Å²) >= 11 is 0. The first-order chi connectivity index (χ1) is 12.4. The van der Waals surface area contributed by atoms with Crippen LogP contribution in [0.15, 0.2) is 29.1 Å². The molecule has 3 heterocycles. The van der Waals surface area contributed by atoms with Gasteiger partial charge in [-0.1, -0.05) is 18.2 Å². The van der Waals surface area contributed by atoms with E-state index in [0.717, 1.165) is 0 Å². The third kappa shape index (κ3) is 3.12. The van der Waals surface area contributed by atoms with Gasteiger partial charge in [-0.05, 0) is 12.5 Å². The Bertz CT molecular complexity index is 1010. The van der Waals surface area contributed by atoms with Crippen molar-refractivity contribution in [2.75, 3.05) is 37.7 Å². The van der Waals surface area contributed by atoms with E-state index in [9.17, 15) is 18.0 Å². The van der Waals surface area contributed by atoms with Crippen LogP contribution in [-0.2, 0) is 9.84 Å². The highest BCUT2D eigenvalue weighted by Gasteiger charge is 2.34. The molecular formula is C17H20N4O4S. The Morgan fingerprint density at radius 1 is 1.12 bits per heavy atom. The van der Waals surface area contributed by atoms with Crippen molar-refractivity contribution in [2.45, 2.75) is 12.5 Å². The molecule has 0 saturated carbocycles. The molecule has 1 amide bonds. The van der Waals surface area contributed by atoms with E-state index >= 15 is 0 Å². The maximum atomic E-state index is 12.9. The topological polar surface area (TPSA) is 103 Å². The van der Waals surface area contributed by atoms with Crippen molar-refractivity contribution in [1.29, 1.82) is 0 Å². The van der Waals surface area contributed by atoms with Gasteiger partial charge in [0.15, 0.2) is 15.5 Å². The Morgan fingerprint density at radius 2 is 1.81 bits per heavy atom. The van der Waals surface area contributed by atoms with Gasteiger partial charge in [-0.15, -0.1) is 0 Å². The molecule has 8 nitrogen and oxygen atoms in total. The van der Waals surface area contributed by atoms with Gasteiger partial charge >= 0.3 is 0 Å². The minimum Gasteiger partial charge on any atom is -0.335 e. The molecule has 138 valence electrons. The summed E-state index contributed by atoms with van der Waals surface area (Å²) in [5, 5.41) is 7.36. The Balaban J connectivity index is 1.49. The number of piperazine rings is 1. The van der Waals surface area contributed by atoms with Crippen molar-refractivity contribution in [2.24, 2.45) is 0 Å². The third-order valence-corrected chi connectivity index (χ3v) is 6.98. The van der Waals surface area contributed by atoms with Crippen molar-refractivity contribution in [3.05, 3.63) is 40.3 Å². The number of amides is 1. The van der Waals surface area contributed by atoms with Gasteiger partial charge in [0.1, 0.15) is 0 Å². The number of aromatic nitrogens is 2. The summed E-state index contributed by atoms with van der Waals surface area (Å²) in [6.45, 7) is 2.33. The van der Waals surface area contributed by atoms with Crippen LogP contribution in [0.1, 0.15) is 16.9 Å². The molecule has 0 aliphatic carbocycles. The second-order valence-electron chi connectivity index (χ2n) is 6.83. The number of sulfone groups is 1. The van der Waals surface area contributed by atoms with Crippen molar-refractivity contribution >= 4 is 26.5 Å². The summed E-state index contributed by atoms with van der Waals surface area (Å²) in [5.41, 5.74) is -0.0680. The van der Waals surface area contributed by atoms with Crippen molar-refractivity contribution in [3.63, 3.8) is 0 Å². The molecule has 2 fully saturated rings. The SMILES string of the molecule is O=C(c1n[nH]c(=O)c2ccccc12)N1CCN(C2CCS(=O)(=O)C2)CC1. The van der Waals surface area contributed by atoms with Gasteiger partial charge < -0.3 is 4.90 Å². The van der Waals surface area contributed by atoms with Crippen LogP contribution in [0.2, 0.25) is 0 Å². The van der Waals surface area contributed by atoms with Crippen LogP contribution in [0, 0.1) is 0 Å². The molecular weight excluding hydrogens is 356 g/mol. The maximum absolute atomic E-state index is 12.9. The summed E-state index contributed by atoms with van der Waals surface area (Å²) < 4.78 is 23.3. The zero-order valence-electron chi connectivity index (χ0n) is 14.2. The first kappa shape index (κ1) is 17.2. The molecule has 1 N–H and O–H groups in total. The average molecular weight is 376 g/mol. The Hall–Kier alpha value is -2.26. The lowest BCUT2D eigenvalue weighted by Gasteiger charge is -2.37. The molecule has 9 heteroatoms. The van der Waals surface area contributed by atoms with Crippen LogP contribution in [0.3, 0.4) is 0 Å². The minimum atomic E-state index is -2.91. The number of rotatable bonds is 2. The van der Waals surface area contributed by atoms with Crippen LogP contribution in [0.25, 0.3) is 10.8 Å². The lowest BCUT2D eigenvalue weighted by molar-refractivity contribution is 0.0583. The molecule has 1 aromatic heterocycles. The number of fused-ring (bicyclic) bond motifs is 1. The van der Waals surface area contributed by atoms with Crippen LogP contribution >= 0.6 is 0 Å². The third-order valence-electron chi connectivity index (χ3n) is 5.22. The number of carbonyl (C=O) groups excluding carboxylic acids is 1. The fourth-order valence-corrected chi connectivity index (χ4v) is 5.54. The van der Waals surface area contributed by atoms with Crippen molar-refractivity contribution < 1.29 is 13.2 Å². The van der Waals surface area contributed by atoms with Gasteiger partial charge in [-0.25, -0.2) is 13.5 Å². The average Bonchev–Trinajstić information content (AvgIpc) is 3.02. The molecule has 0 radical (unpaired) electrons. The zero-order valence-corrected chi connectivity index (χ0v) is 15.0. The number of aromatic amines is 1. The largest absolute Gasteiger partial charge is 0.335 e. The fraction of sp³-hybridized carbons (Fsp3) is 0.471. The van der Waals surface area contributed by atoms with Gasteiger partial charge in [0.05, 0.1) is 16.9 Å². The molecule has 0 bridgehead atoms. The molecule has 4 rings (SSSR count). The maximum Gasteiger partial charge on any atom is 0.275 e. The van der Waals surface area contributed by atoms with Gasteiger partial charge in [-0.3, -0.25) is 14.5 Å². The molecule has 2 saturated heterocycles. The van der Waals surface area contributed by atoms with Crippen molar-refractivity contribution in [1.82, 2.24) is 20.0 Å². The Labute approximate surface area is 150 Å². The van der Waals surface area contributed by atoms with Gasteiger partial charge in [0.2, 0.25) is 0 Å². The molecule has 2 aliphatic rings. The number of nitrogens with zero attached hydrogens (tertiary/aromatic N) is 3.